The second-order valence-electron chi connectivity index (χ2n) is 3.84. The Balaban J connectivity index is 2.12. The molecule has 1 N–H and O–H groups in total. The minimum atomic E-state index is -0.692. The van der Waals surface area contributed by atoms with Gasteiger partial charge in [-0.3, -0.25) is 4.79 Å². The van der Waals surface area contributed by atoms with Crippen molar-refractivity contribution in [1.29, 1.82) is 0 Å². The fraction of sp³-hybridized carbons (Fsp3) is 0.154. The second kappa shape index (κ2) is 5.00. The maximum Gasteiger partial charge on any atom is 0.287 e. The lowest BCUT2D eigenvalue weighted by Crippen LogP contribution is -2.26. The Labute approximate surface area is 102 Å². The second-order valence-corrected chi connectivity index (χ2v) is 3.84. The highest BCUT2D eigenvalue weighted by Gasteiger charge is 2.16. The van der Waals surface area contributed by atoms with E-state index in [1.54, 1.807) is 13.0 Å². The van der Waals surface area contributed by atoms with Crippen molar-refractivity contribution in [3.63, 3.8) is 0 Å². The molecule has 0 aliphatic rings. The zero-order chi connectivity index (χ0) is 13.1. The Morgan fingerprint density at radius 3 is 2.72 bits per heavy atom. The number of nitrogens with one attached hydrogen (secondary N) is 1. The van der Waals surface area contributed by atoms with Gasteiger partial charge in [-0.2, -0.15) is 0 Å². The van der Waals surface area contributed by atoms with Crippen LogP contribution in [0.2, 0.25) is 0 Å². The predicted octanol–water partition coefficient (Wildman–Crippen LogP) is 3.05. The van der Waals surface area contributed by atoms with Crippen LogP contribution in [0.15, 0.2) is 41.0 Å². The van der Waals surface area contributed by atoms with Gasteiger partial charge in [-0.25, -0.2) is 8.78 Å². The molecular formula is C13H11F2NO2. The van der Waals surface area contributed by atoms with Gasteiger partial charge >= 0.3 is 0 Å². The Morgan fingerprint density at radius 2 is 2.11 bits per heavy atom. The molecular weight excluding hydrogens is 240 g/mol. The summed E-state index contributed by atoms with van der Waals surface area (Å²) in [6, 6.07) is 5.74. The van der Waals surface area contributed by atoms with Crippen molar-refractivity contribution in [2.45, 2.75) is 13.0 Å². The van der Waals surface area contributed by atoms with Crippen LogP contribution in [0.25, 0.3) is 0 Å². The van der Waals surface area contributed by atoms with Crippen LogP contribution in [0.4, 0.5) is 8.78 Å². The first-order valence-corrected chi connectivity index (χ1v) is 5.37. The summed E-state index contributed by atoms with van der Waals surface area (Å²) in [6.45, 7) is 1.61. The van der Waals surface area contributed by atoms with Gasteiger partial charge < -0.3 is 9.73 Å². The largest absolute Gasteiger partial charge is 0.459 e. The van der Waals surface area contributed by atoms with Crippen molar-refractivity contribution in [3.05, 3.63) is 59.6 Å². The predicted molar refractivity (Wildman–Crippen MR) is 60.9 cm³/mol. The van der Waals surface area contributed by atoms with E-state index in [0.717, 1.165) is 12.1 Å². The van der Waals surface area contributed by atoms with E-state index in [0.29, 0.717) is 0 Å². The van der Waals surface area contributed by atoms with Crippen LogP contribution < -0.4 is 5.32 Å². The first-order valence-electron chi connectivity index (χ1n) is 5.37. The molecule has 18 heavy (non-hydrogen) atoms. The van der Waals surface area contributed by atoms with E-state index in [-0.39, 0.29) is 11.3 Å². The molecule has 1 heterocycles. The number of hydrogen-bond donors (Lipinski definition) is 1. The Kier molecular flexibility index (Phi) is 3.41. The van der Waals surface area contributed by atoms with Gasteiger partial charge in [0.1, 0.15) is 11.6 Å². The van der Waals surface area contributed by atoms with Gasteiger partial charge in [-0.1, -0.05) is 6.07 Å². The molecule has 0 spiro atoms. The fourth-order valence-electron chi connectivity index (χ4n) is 1.61. The highest BCUT2D eigenvalue weighted by Crippen LogP contribution is 2.18. The molecule has 0 fully saturated rings. The zero-order valence-electron chi connectivity index (χ0n) is 9.61. The molecule has 0 aliphatic carbocycles. The molecule has 3 nitrogen and oxygen atoms in total. The lowest BCUT2D eigenvalue weighted by Gasteiger charge is -2.14. The molecule has 2 aromatic rings. The van der Waals surface area contributed by atoms with Gasteiger partial charge in [0.25, 0.3) is 5.91 Å². The van der Waals surface area contributed by atoms with E-state index in [9.17, 15) is 13.6 Å². The van der Waals surface area contributed by atoms with E-state index in [4.69, 9.17) is 4.42 Å². The van der Waals surface area contributed by atoms with Crippen molar-refractivity contribution >= 4 is 5.91 Å². The minimum Gasteiger partial charge on any atom is -0.459 e. The first-order chi connectivity index (χ1) is 8.58. The van der Waals surface area contributed by atoms with Crippen LogP contribution in [-0.2, 0) is 0 Å². The van der Waals surface area contributed by atoms with Crippen molar-refractivity contribution in [3.8, 4) is 0 Å². The van der Waals surface area contributed by atoms with Crippen molar-refractivity contribution in [2.24, 2.45) is 0 Å². The number of benzene rings is 1. The minimum absolute atomic E-state index is 0.143. The quantitative estimate of drug-likeness (QED) is 0.911. The molecule has 0 radical (unpaired) electrons. The standard InChI is InChI=1S/C13H11F2NO2/c1-8(10-5-4-9(14)7-11(10)15)16-13(17)12-3-2-6-18-12/h2-8H,1H3,(H,16,17)/t8-/m1/s1. The Bertz CT molecular complexity index is 552. The maximum absolute atomic E-state index is 13.5. The average Bonchev–Trinajstić information content (AvgIpc) is 2.81. The molecule has 0 bridgehead atoms. The third kappa shape index (κ3) is 2.56. The molecule has 1 amide bonds. The molecule has 1 aromatic heterocycles. The number of carbonyl (C=O) groups excluding carboxylic acids is 1. The third-order valence-electron chi connectivity index (χ3n) is 2.52. The number of amides is 1. The van der Waals surface area contributed by atoms with Crippen molar-refractivity contribution < 1.29 is 18.0 Å². The molecule has 0 aliphatic heterocycles. The number of rotatable bonds is 3. The Hall–Kier alpha value is -2.17. The van der Waals surface area contributed by atoms with Gasteiger partial charge in [-0.05, 0) is 25.1 Å². The molecule has 0 saturated carbocycles. The highest BCUT2D eigenvalue weighted by molar-refractivity contribution is 5.91. The van der Waals surface area contributed by atoms with Crippen molar-refractivity contribution in [1.82, 2.24) is 5.32 Å². The lowest BCUT2D eigenvalue weighted by atomic mass is 10.1. The molecule has 1 aromatic carbocycles. The SMILES string of the molecule is C[C@@H](NC(=O)c1ccco1)c1ccc(F)cc1F. The smallest absolute Gasteiger partial charge is 0.287 e. The lowest BCUT2D eigenvalue weighted by molar-refractivity contribution is 0.0911. The summed E-state index contributed by atoms with van der Waals surface area (Å²) in [5.74, 6) is -1.65. The topological polar surface area (TPSA) is 42.2 Å². The van der Waals surface area contributed by atoms with Gasteiger partial charge in [0, 0.05) is 11.6 Å². The van der Waals surface area contributed by atoms with Gasteiger partial charge in [0.15, 0.2) is 5.76 Å². The van der Waals surface area contributed by atoms with Gasteiger partial charge in [-0.15, -0.1) is 0 Å². The Morgan fingerprint density at radius 1 is 1.33 bits per heavy atom. The van der Waals surface area contributed by atoms with E-state index in [1.165, 1.54) is 18.4 Å². The summed E-state index contributed by atoms with van der Waals surface area (Å²) >= 11 is 0. The van der Waals surface area contributed by atoms with Crippen LogP contribution in [0.3, 0.4) is 0 Å². The van der Waals surface area contributed by atoms with Crippen LogP contribution in [-0.4, -0.2) is 5.91 Å². The molecule has 0 saturated heterocycles. The number of furan rings is 1. The molecule has 1 atom stereocenters. The van der Waals surface area contributed by atoms with E-state index in [1.807, 2.05) is 0 Å². The molecule has 5 heteroatoms. The number of carbonyl (C=O) groups is 1. The van der Waals surface area contributed by atoms with E-state index >= 15 is 0 Å². The number of halogens is 2. The summed E-state index contributed by atoms with van der Waals surface area (Å²) in [7, 11) is 0. The van der Waals surface area contributed by atoms with E-state index in [2.05, 4.69) is 5.32 Å². The van der Waals surface area contributed by atoms with Crippen LogP contribution in [0.1, 0.15) is 29.1 Å². The maximum atomic E-state index is 13.5. The molecule has 94 valence electrons. The molecule has 2 rings (SSSR count). The van der Waals surface area contributed by atoms with Crippen LogP contribution in [0, 0.1) is 11.6 Å². The highest BCUT2D eigenvalue weighted by atomic mass is 19.1. The molecule has 0 unspecified atom stereocenters. The first kappa shape index (κ1) is 12.3. The summed E-state index contributed by atoms with van der Waals surface area (Å²) < 4.78 is 31.1. The number of hydrogen-bond acceptors (Lipinski definition) is 2. The van der Waals surface area contributed by atoms with Crippen molar-refractivity contribution in [2.75, 3.05) is 0 Å². The summed E-state index contributed by atoms with van der Waals surface area (Å²) in [5, 5.41) is 2.56. The normalized spacial score (nSPS) is 12.2. The van der Waals surface area contributed by atoms with E-state index < -0.39 is 23.6 Å². The third-order valence-corrected chi connectivity index (χ3v) is 2.52. The average molecular weight is 251 g/mol. The zero-order valence-corrected chi connectivity index (χ0v) is 9.61. The summed E-state index contributed by atoms with van der Waals surface area (Å²) in [6.07, 6.45) is 1.37. The monoisotopic (exact) mass is 251 g/mol. The van der Waals surface area contributed by atoms with Gasteiger partial charge in [0.2, 0.25) is 0 Å². The van der Waals surface area contributed by atoms with Crippen LogP contribution in [0.5, 0.6) is 0 Å². The van der Waals surface area contributed by atoms with Gasteiger partial charge in [0.05, 0.1) is 12.3 Å². The van der Waals surface area contributed by atoms with Crippen LogP contribution >= 0.6 is 0 Å². The summed E-state index contributed by atoms with van der Waals surface area (Å²) in [5.41, 5.74) is 0.219. The fourth-order valence-corrected chi connectivity index (χ4v) is 1.61. The summed E-state index contributed by atoms with van der Waals surface area (Å²) in [4.78, 5) is 11.7.